The maximum Gasteiger partial charge on any atom is 0.315 e. The number of carbonyl (C=O) groups is 2. The van der Waals surface area contributed by atoms with Crippen LogP contribution < -0.4 is 10.6 Å². The molecule has 0 saturated carbocycles. The average Bonchev–Trinajstić information content (AvgIpc) is 2.87. The molecule has 2 N–H and O–H groups in total. The van der Waals surface area contributed by atoms with Gasteiger partial charge in [0.1, 0.15) is 0 Å². The van der Waals surface area contributed by atoms with Gasteiger partial charge in [-0.25, -0.2) is 4.79 Å². The minimum Gasteiger partial charge on any atom is -0.338 e. The zero-order valence-corrected chi connectivity index (χ0v) is 11.1. The molecule has 19 heavy (non-hydrogen) atoms. The van der Waals surface area contributed by atoms with E-state index in [2.05, 4.69) is 10.6 Å². The summed E-state index contributed by atoms with van der Waals surface area (Å²) >= 11 is 0. The van der Waals surface area contributed by atoms with E-state index in [1.54, 1.807) is 4.90 Å². The Bertz CT molecular complexity index is 447. The second kappa shape index (κ2) is 6.22. The number of carbonyl (C=O) groups excluding carboxylic acids is 2. The van der Waals surface area contributed by atoms with Gasteiger partial charge in [0.05, 0.1) is 0 Å². The van der Waals surface area contributed by atoms with E-state index < -0.39 is 0 Å². The Labute approximate surface area is 113 Å². The molecule has 1 atom stereocenters. The number of hydrogen-bond acceptors (Lipinski definition) is 2. The third kappa shape index (κ3) is 3.47. The van der Waals surface area contributed by atoms with E-state index in [0.29, 0.717) is 25.2 Å². The number of hydrogen-bond donors (Lipinski definition) is 2. The molecular formula is C14H19N3O2. The Morgan fingerprint density at radius 3 is 2.74 bits per heavy atom. The van der Waals surface area contributed by atoms with Gasteiger partial charge in [-0.05, 0) is 25.5 Å². The molecule has 3 amide bonds. The topological polar surface area (TPSA) is 61.4 Å². The van der Waals surface area contributed by atoms with Crippen LogP contribution in [0.1, 0.15) is 23.7 Å². The normalized spacial score (nSPS) is 18.2. The molecule has 0 unspecified atom stereocenters. The molecule has 1 fully saturated rings. The summed E-state index contributed by atoms with van der Waals surface area (Å²) in [6.07, 6.45) is 0.801. The zero-order valence-electron chi connectivity index (χ0n) is 11.1. The van der Waals surface area contributed by atoms with Gasteiger partial charge in [-0.3, -0.25) is 4.79 Å². The summed E-state index contributed by atoms with van der Waals surface area (Å²) in [5.41, 5.74) is 0.696. The quantitative estimate of drug-likeness (QED) is 0.859. The zero-order chi connectivity index (χ0) is 13.7. The van der Waals surface area contributed by atoms with Crippen LogP contribution in [0, 0.1) is 0 Å². The lowest BCUT2D eigenvalue weighted by Gasteiger charge is -2.17. The van der Waals surface area contributed by atoms with Gasteiger partial charge < -0.3 is 15.5 Å². The molecule has 0 aromatic heterocycles. The van der Waals surface area contributed by atoms with Crippen LogP contribution in [0.25, 0.3) is 0 Å². The van der Waals surface area contributed by atoms with Crippen molar-refractivity contribution in [2.24, 2.45) is 0 Å². The number of likely N-dealkylation sites (tertiary alicyclic amines) is 1. The van der Waals surface area contributed by atoms with Crippen LogP contribution in [0.15, 0.2) is 30.3 Å². The Morgan fingerprint density at radius 2 is 2.05 bits per heavy atom. The average molecular weight is 261 g/mol. The number of rotatable bonds is 3. The van der Waals surface area contributed by atoms with Crippen molar-refractivity contribution in [2.45, 2.75) is 19.4 Å². The molecular weight excluding hydrogens is 242 g/mol. The van der Waals surface area contributed by atoms with Crippen molar-refractivity contribution in [3.63, 3.8) is 0 Å². The van der Waals surface area contributed by atoms with E-state index in [1.807, 2.05) is 37.3 Å². The number of nitrogens with one attached hydrogen (secondary N) is 2. The second-order valence-electron chi connectivity index (χ2n) is 4.61. The molecule has 0 bridgehead atoms. The standard InChI is InChI=1S/C14H19N3O2/c1-2-15-14(19)16-12-8-9-17(10-12)13(18)11-6-4-3-5-7-11/h3-7,12H,2,8-10H2,1H3,(H2,15,16,19)/t12-/m1/s1. The van der Waals surface area contributed by atoms with Crippen LogP contribution in [0.5, 0.6) is 0 Å². The molecule has 2 rings (SSSR count). The molecule has 0 radical (unpaired) electrons. The Kier molecular flexibility index (Phi) is 4.39. The predicted octanol–water partition coefficient (Wildman–Crippen LogP) is 1.22. The minimum atomic E-state index is -0.165. The monoisotopic (exact) mass is 261 g/mol. The smallest absolute Gasteiger partial charge is 0.315 e. The molecule has 1 saturated heterocycles. The van der Waals surface area contributed by atoms with Crippen LogP contribution in [0.4, 0.5) is 4.79 Å². The summed E-state index contributed by atoms with van der Waals surface area (Å²) < 4.78 is 0. The predicted molar refractivity (Wildman–Crippen MR) is 73.0 cm³/mol. The van der Waals surface area contributed by atoms with Gasteiger partial charge in [0.25, 0.3) is 5.91 Å². The molecule has 1 aliphatic heterocycles. The Hall–Kier alpha value is -2.04. The molecule has 0 aliphatic carbocycles. The molecule has 1 aliphatic rings. The van der Waals surface area contributed by atoms with Crippen molar-refractivity contribution in [1.82, 2.24) is 15.5 Å². The van der Waals surface area contributed by atoms with E-state index in [0.717, 1.165) is 6.42 Å². The van der Waals surface area contributed by atoms with Crippen molar-refractivity contribution in [3.8, 4) is 0 Å². The lowest BCUT2D eigenvalue weighted by atomic mass is 10.2. The van der Waals surface area contributed by atoms with E-state index in [9.17, 15) is 9.59 Å². The molecule has 1 heterocycles. The maximum atomic E-state index is 12.2. The second-order valence-corrected chi connectivity index (χ2v) is 4.61. The van der Waals surface area contributed by atoms with Crippen molar-refractivity contribution in [3.05, 3.63) is 35.9 Å². The van der Waals surface area contributed by atoms with E-state index >= 15 is 0 Å². The van der Waals surface area contributed by atoms with Crippen LogP contribution in [-0.2, 0) is 0 Å². The molecule has 102 valence electrons. The fraction of sp³-hybridized carbons (Fsp3) is 0.429. The first-order chi connectivity index (χ1) is 9.20. The van der Waals surface area contributed by atoms with Gasteiger partial charge in [0.2, 0.25) is 0 Å². The third-order valence-corrected chi connectivity index (χ3v) is 3.17. The van der Waals surface area contributed by atoms with Gasteiger partial charge in [-0.15, -0.1) is 0 Å². The van der Waals surface area contributed by atoms with Gasteiger partial charge in [-0.1, -0.05) is 18.2 Å². The maximum absolute atomic E-state index is 12.2. The summed E-state index contributed by atoms with van der Waals surface area (Å²) in [6, 6.07) is 9.10. The largest absolute Gasteiger partial charge is 0.338 e. The number of nitrogens with zero attached hydrogens (tertiary/aromatic N) is 1. The highest BCUT2D eigenvalue weighted by Gasteiger charge is 2.27. The Morgan fingerprint density at radius 1 is 1.32 bits per heavy atom. The van der Waals surface area contributed by atoms with Crippen molar-refractivity contribution >= 4 is 11.9 Å². The first-order valence-electron chi connectivity index (χ1n) is 6.59. The fourth-order valence-corrected chi connectivity index (χ4v) is 2.22. The van der Waals surface area contributed by atoms with E-state index in [1.165, 1.54) is 0 Å². The Balaban J connectivity index is 1.88. The lowest BCUT2D eigenvalue weighted by Crippen LogP contribution is -2.43. The van der Waals surface area contributed by atoms with Crippen molar-refractivity contribution in [2.75, 3.05) is 19.6 Å². The highest BCUT2D eigenvalue weighted by Crippen LogP contribution is 2.13. The highest BCUT2D eigenvalue weighted by atomic mass is 16.2. The SMILES string of the molecule is CCNC(=O)N[C@@H]1CCN(C(=O)c2ccccc2)C1. The fourth-order valence-electron chi connectivity index (χ4n) is 2.22. The molecule has 1 aromatic carbocycles. The number of urea groups is 1. The third-order valence-electron chi connectivity index (χ3n) is 3.17. The van der Waals surface area contributed by atoms with E-state index in [-0.39, 0.29) is 18.0 Å². The summed E-state index contributed by atoms with van der Waals surface area (Å²) in [5.74, 6) is 0.0285. The van der Waals surface area contributed by atoms with Gasteiger partial charge in [0, 0.05) is 31.2 Å². The minimum absolute atomic E-state index is 0.0285. The van der Waals surface area contributed by atoms with Gasteiger partial charge in [-0.2, -0.15) is 0 Å². The summed E-state index contributed by atoms with van der Waals surface area (Å²) in [7, 11) is 0. The van der Waals surface area contributed by atoms with Crippen molar-refractivity contribution < 1.29 is 9.59 Å². The van der Waals surface area contributed by atoms with Crippen LogP contribution >= 0.6 is 0 Å². The summed E-state index contributed by atoms with van der Waals surface area (Å²) in [5, 5.41) is 5.57. The van der Waals surface area contributed by atoms with Crippen LogP contribution in [0.2, 0.25) is 0 Å². The summed E-state index contributed by atoms with van der Waals surface area (Å²) in [4.78, 5) is 25.4. The molecule has 0 spiro atoms. The van der Waals surface area contributed by atoms with Gasteiger partial charge in [0.15, 0.2) is 0 Å². The first kappa shape index (κ1) is 13.4. The molecule has 5 heteroatoms. The number of benzene rings is 1. The van der Waals surface area contributed by atoms with Gasteiger partial charge >= 0.3 is 6.03 Å². The summed E-state index contributed by atoms with van der Waals surface area (Å²) in [6.45, 7) is 3.74. The number of amides is 3. The van der Waals surface area contributed by atoms with Crippen molar-refractivity contribution in [1.29, 1.82) is 0 Å². The highest BCUT2D eigenvalue weighted by molar-refractivity contribution is 5.94. The molecule has 5 nitrogen and oxygen atoms in total. The van der Waals surface area contributed by atoms with E-state index in [4.69, 9.17) is 0 Å². The van der Waals surface area contributed by atoms with Crippen LogP contribution in [-0.4, -0.2) is 42.5 Å². The first-order valence-corrected chi connectivity index (χ1v) is 6.59. The molecule has 1 aromatic rings. The van der Waals surface area contributed by atoms with Crippen LogP contribution in [0.3, 0.4) is 0 Å². The lowest BCUT2D eigenvalue weighted by molar-refractivity contribution is 0.0789.